The van der Waals surface area contributed by atoms with Crippen molar-refractivity contribution in [3.05, 3.63) is 11.6 Å². The molecule has 3 heteroatoms. The van der Waals surface area contributed by atoms with Crippen molar-refractivity contribution in [2.45, 2.75) is 77.2 Å². The van der Waals surface area contributed by atoms with Crippen molar-refractivity contribution in [2.75, 3.05) is 0 Å². The van der Waals surface area contributed by atoms with Crippen molar-refractivity contribution >= 4 is 0 Å². The van der Waals surface area contributed by atoms with Crippen molar-refractivity contribution in [1.29, 1.82) is 0 Å². The minimum atomic E-state index is -1.04. The Morgan fingerprint density at radius 1 is 1.14 bits per heavy atom. The number of aliphatic hydroxyl groups is 2. The van der Waals surface area contributed by atoms with Crippen LogP contribution in [0.3, 0.4) is 0 Å². The highest BCUT2D eigenvalue weighted by Crippen LogP contribution is 2.65. The summed E-state index contributed by atoms with van der Waals surface area (Å²) in [7, 11) is 0. The van der Waals surface area contributed by atoms with Gasteiger partial charge in [0.1, 0.15) is 6.17 Å². The standard InChI is InChI=1S/C19H29FO2/c1-18-7-5-12(21)9-11(18)3-4-13-14(18)6-8-19(2)15(13)10-16(20)17(19)22/h3,12-17,21-22H,4-10H2,1-2H3/t12-,13-,14+,15+,16-,17-,18+,19+/m1/s1. The maximum Gasteiger partial charge on any atom is 0.127 e. The predicted molar refractivity (Wildman–Crippen MR) is 84.0 cm³/mol. The van der Waals surface area contributed by atoms with E-state index in [-0.39, 0.29) is 16.9 Å². The first-order chi connectivity index (χ1) is 10.4. The summed E-state index contributed by atoms with van der Waals surface area (Å²) in [5.74, 6) is 1.44. The number of aliphatic hydroxyl groups excluding tert-OH is 2. The molecule has 0 radical (unpaired) electrons. The number of alkyl halides is 1. The second-order valence-electron chi connectivity index (χ2n) is 8.90. The Labute approximate surface area is 132 Å². The molecule has 0 aliphatic heterocycles. The van der Waals surface area contributed by atoms with Gasteiger partial charge in [0.25, 0.3) is 0 Å². The molecule has 0 unspecified atom stereocenters. The van der Waals surface area contributed by atoms with E-state index in [0.717, 1.165) is 38.5 Å². The average Bonchev–Trinajstić information content (AvgIpc) is 2.72. The zero-order valence-corrected chi connectivity index (χ0v) is 13.8. The monoisotopic (exact) mass is 308 g/mol. The van der Waals surface area contributed by atoms with Gasteiger partial charge in [-0.3, -0.25) is 0 Å². The highest BCUT2D eigenvalue weighted by Gasteiger charge is 2.61. The summed E-state index contributed by atoms with van der Waals surface area (Å²) in [4.78, 5) is 0. The summed E-state index contributed by atoms with van der Waals surface area (Å²) >= 11 is 0. The van der Waals surface area contributed by atoms with E-state index in [1.807, 2.05) is 0 Å². The summed E-state index contributed by atoms with van der Waals surface area (Å²) in [6.45, 7) is 4.49. The number of allylic oxidation sites excluding steroid dienone is 1. The third-order valence-electron chi connectivity index (χ3n) is 8.01. The zero-order valence-electron chi connectivity index (χ0n) is 13.8. The van der Waals surface area contributed by atoms with Crippen LogP contribution in [0.1, 0.15) is 58.8 Å². The lowest BCUT2D eigenvalue weighted by molar-refractivity contribution is -0.0763. The van der Waals surface area contributed by atoms with Crippen LogP contribution in [0.4, 0.5) is 4.39 Å². The van der Waals surface area contributed by atoms with Gasteiger partial charge in [0, 0.05) is 0 Å². The smallest absolute Gasteiger partial charge is 0.127 e. The molecule has 2 N–H and O–H groups in total. The third-order valence-corrected chi connectivity index (χ3v) is 8.01. The van der Waals surface area contributed by atoms with E-state index in [4.69, 9.17) is 0 Å². The summed E-state index contributed by atoms with van der Waals surface area (Å²) in [6, 6.07) is 0. The molecule has 0 bridgehead atoms. The molecule has 0 heterocycles. The van der Waals surface area contributed by atoms with Crippen LogP contribution in [0.25, 0.3) is 0 Å². The molecule has 22 heavy (non-hydrogen) atoms. The molecule has 0 aromatic carbocycles. The molecule has 4 rings (SSSR count). The number of hydrogen-bond donors (Lipinski definition) is 2. The molecule has 4 aliphatic rings. The molecule has 0 aromatic heterocycles. The minimum absolute atomic E-state index is 0.173. The van der Waals surface area contributed by atoms with Gasteiger partial charge in [-0.25, -0.2) is 4.39 Å². The van der Waals surface area contributed by atoms with Crippen LogP contribution in [0.5, 0.6) is 0 Å². The summed E-state index contributed by atoms with van der Waals surface area (Å²) < 4.78 is 14.2. The SMILES string of the molecule is C[C@]12CC[C@H]3[C@@H](CC=C4C[C@H](O)CC[C@@]43C)[C@@H]1C[C@@H](F)[C@H]2O. The van der Waals surface area contributed by atoms with Crippen molar-refractivity contribution < 1.29 is 14.6 Å². The van der Waals surface area contributed by atoms with Crippen LogP contribution in [-0.4, -0.2) is 28.6 Å². The Morgan fingerprint density at radius 3 is 2.68 bits per heavy atom. The second-order valence-corrected chi connectivity index (χ2v) is 8.90. The molecule has 2 nitrogen and oxygen atoms in total. The fourth-order valence-electron chi connectivity index (χ4n) is 6.59. The Balaban J connectivity index is 1.68. The molecule has 4 aliphatic carbocycles. The van der Waals surface area contributed by atoms with Crippen LogP contribution in [0.15, 0.2) is 11.6 Å². The average molecular weight is 308 g/mol. The zero-order chi connectivity index (χ0) is 15.7. The van der Waals surface area contributed by atoms with E-state index in [1.165, 1.54) is 5.57 Å². The molecule has 8 atom stereocenters. The molecule has 3 saturated carbocycles. The fraction of sp³-hybridized carbons (Fsp3) is 0.895. The Morgan fingerprint density at radius 2 is 1.91 bits per heavy atom. The van der Waals surface area contributed by atoms with E-state index in [2.05, 4.69) is 19.9 Å². The highest BCUT2D eigenvalue weighted by atomic mass is 19.1. The van der Waals surface area contributed by atoms with Gasteiger partial charge in [-0.05, 0) is 73.5 Å². The summed E-state index contributed by atoms with van der Waals surface area (Å²) in [5, 5.41) is 20.3. The molecule has 3 fully saturated rings. The molecule has 0 spiro atoms. The molecule has 0 amide bonds. The first-order valence-electron chi connectivity index (χ1n) is 9.06. The number of hydrogen-bond acceptors (Lipinski definition) is 2. The van der Waals surface area contributed by atoms with Gasteiger partial charge < -0.3 is 10.2 Å². The van der Waals surface area contributed by atoms with Gasteiger partial charge in [0.15, 0.2) is 0 Å². The van der Waals surface area contributed by atoms with E-state index in [1.54, 1.807) is 0 Å². The van der Waals surface area contributed by atoms with Crippen molar-refractivity contribution in [3.63, 3.8) is 0 Å². The molecule has 0 aromatic rings. The van der Waals surface area contributed by atoms with E-state index in [0.29, 0.717) is 24.2 Å². The van der Waals surface area contributed by atoms with Crippen molar-refractivity contribution in [2.24, 2.45) is 28.6 Å². The van der Waals surface area contributed by atoms with Crippen LogP contribution >= 0.6 is 0 Å². The first-order valence-corrected chi connectivity index (χ1v) is 9.06. The lowest BCUT2D eigenvalue weighted by atomic mass is 9.48. The van der Waals surface area contributed by atoms with Crippen molar-refractivity contribution in [3.8, 4) is 0 Å². The van der Waals surface area contributed by atoms with Gasteiger partial charge in [-0.1, -0.05) is 25.5 Å². The maximum atomic E-state index is 14.2. The Kier molecular flexibility index (Phi) is 3.30. The van der Waals surface area contributed by atoms with Crippen LogP contribution < -0.4 is 0 Å². The van der Waals surface area contributed by atoms with Crippen LogP contribution in [0.2, 0.25) is 0 Å². The van der Waals surface area contributed by atoms with Gasteiger partial charge in [-0.2, -0.15) is 0 Å². The van der Waals surface area contributed by atoms with Crippen LogP contribution in [-0.2, 0) is 0 Å². The predicted octanol–water partition coefficient (Wildman–Crippen LogP) is 3.62. The van der Waals surface area contributed by atoms with Gasteiger partial charge in [0.05, 0.1) is 12.2 Å². The van der Waals surface area contributed by atoms with Gasteiger partial charge in [0.2, 0.25) is 0 Å². The highest BCUT2D eigenvalue weighted by molar-refractivity contribution is 5.25. The third kappa shape index (κ3) is 1.84. The van der Waals surface area contributed by atoms with Crippen LogP contribution in [0, 0.1) is 28.6 Å². The quantitative estimate of drug-likeness (QED) is 0.671. The minimum Gasteiger partial charge on any atom is -0.393 e. The lowest BCUT2D eigenvalue weighted by Gasteiger charge is -2.57. The van der Waals surface area contributed by atoms with Gasteiger partial charge >= 0.3 is 0 Å². The molecule has 124 valence electrons. The summed E-state index contributed by atoms with van der Waals surface area (Å²) in [5.41, 5.74) is 1.42. The van der Waals surface area contributed by atoms with E-state index in [9.17, 15) is 14.6 Å². The largest absolute Gasteiger partial charge is 0.393 e. The second kappa shape index (κ2) is 4.80. The first kappa shape index (κ1) is 15.1. The lowest BCUT2D eigenvalue weighted by Crippen LogP contribution is -2.51. The molecular weight excluding hydrogens is 279 g/mol. The number of rotatable bonds is 0. The summed E-state index contributed by atoms with van der Waals surface area (Å²) in [6.07, 6.45) is 6.76. The number of halogens is 1. The Hall–Kier alpha value is -0.410. The van der Waals surface area contributed by atoms with Gasteiger partial charge in [-0.15, -0.1) is 0 Å². The Bertz CT molecular complexity index is 504. The van der Waals surface area contributed by atoms with Crippen molar-refractivity contribution in [1.82, 2.24) is 0 Å². The molecule has 0 saturated heterocycles. The molecular formula is C19H29FO2. The maximum absolute atomic E-state index is 14.2. The van der Waals surface area contributed by atoms with E-state index >= 15 is 0 Å². The number of fused-ring (bicyclic) bond motifs is 5. The van der Waals surface area contributed by atoms with E-state index < -0.39 is 12.3 Å². The fourth-order valence-corrected chi connectivity index (χ4v) is 6.59. The topological polar surface area (TPSA) is 40.5 Å². The normalized spacial score (nSPS) is 57.6.